The molecule has 1 aromatic heterocycles. The monoisotopic (exact) mass is 389 g/mol. The van der Waals surface area contributed by atoms with Crippen LogP contribution in [0.4, 0.5) is 0 Å². The molecule has 0 radical (unpaired) electrons. The van der Waals surface area contributed by atoms with Crippen LogP contribution in [0, 0.1) is 0 Å². The molecular formula is C20H31N5O3. The van der Waals surface area contributed by atoms with Crippen molar-refractivity contribution < 1.29 is 14.0 Å². The fourth-order valence-electron chi connectivity index (χ4n) is 2.58. The molecule has 0 aliphatic carbocycles. The summed E-state index contributed by atoms with van der Waals surface area (Å²) in [4.78, 5) is 9.04. The summed E-state index contributed by atoms with van der Waals surface area (Å²) >= 11 is 0. The minimum atomic E-state index is 0.611. The molecule has 0 aliphatic heterocycles. The molecular weight excluding hydrogens is 358 g/mol. The van der Waals surface area contributed by atoms with Gasteiger partial charge in [-0.05, 0) is 44.0 Å². The summed E-state index contributed by atoms with van der Waals surface area (Å²) in [6.45, 7) is 5.08. The molecule has 0 atom stereocenters. The van der Waals surface area contributed by atoms with E-state index in [0.29, 0.717) is 18.3 Å². The zero-order valence-corrected chi connectivity index (χ0v) is 17.0. The van der Waals surface area contributed by atoms with Crippen molar-refractivity contribution in [3.8, 4) is 17.1 Å². The highest BCUT2D eigenvalue weighted by molar-refractivity contribution is 5.79. The van der Waals surface area contributed by atoms with Crippen molar-refractivity contribution in [2.24, 2.45) is 4.99 Å². The van der Waals surface area contributed by atoms with Crippen LogP contribution in [0.2, 0.25) is 0 Å². The zero-order valence-electron chi connectivity index (χ0n) is 17.0. The van der Waals surface area contributed by atoms with Crippen LogP contribution >= 0.6 is 0 Å². The molecule has 0 bridgehead atoms. The molecule has 154 valence electrons. The molecule has 0 aliphatic rings. The number of ether oxygens (including phenoxy) is 2. The molecule has 1 aromatic carbocycles. The Morgan fingerprint density at radius 3 is 2.64 bits per heavy atom. The van der Waals surface area contributed by atoms with Gasteiger partial charge in [-0.1, -0.05) is 11.6 Å². The Morgan fingerprint density at radius 1 is 1.11 bits per heavy atom. The first kappa shape index (κ1) is 21.7. The standard InChI is InChI=1S/C20H31N5O3/c1-4-21-20(23-14-15-26-2)22-13-7-5-6-8-18-24-19(25-28-18)16-9-11-17(27-3)12-10-16/h9-12H,4-8,13-15H2,1-3H3,(H2,21,22,23). The van der Waals surface area contributed by atoms with Gasteiger partial charge in [0.25, 0.3) is 0 Å². The van der Waals surface area contributed by atoms with Gasteiger partial charge in [-0.3, -0.25) is 4.99 Å². The van der Waals surface area contributed by atoms with E-state index in [-0.39, 0.29) is 0 Å². The van der Waals surface area contributed by atoms with Crippen molar-refractivity contribution in [2.75, 3.05) is 40.5 Å². The van der Waals surface area contributed by atoms with E-state index in [1.54, 1.807) is 14.2 Å². The molecule has 0 spiro atoms. The van der Waals surface area contributed by atoms with Gasteiger partial charge in [0.1, 0.15) is 5.75 Å². The molecule has 0 fully saturated rings. The zero-order chi connectivity index (χ0) is 20.0. The lowest BCUT2D eigenvalue weighted by atomic mass is 10.2. The topological polar surface area (TPSA) is 93.8 Å². The maximum Gasteiger partial charge on any atom is 0.226 e. The minimum Gasteiger partial charge on any atom is -0.497 e. The number of unbranched alkanes of at least 4 members (excludes halogenated alkanes) is 2. The molecule has 2 N–H and O–H groups in total. The van der Waals surface area contributed by atoms with E-state index < -0.39 is 0 Å². The largest absolute Gasteiger partial charge is 0.497 e. The Kier molecular flexibility index (Phi) is 9.85. The number of aryl methyl sites for hydroxylation is 1. The third-order valence-electron chi connectivity index (χ3n) is 4.08. The molecule has 28 heavy (non-hydrogen) atoms. The molecule has 0 saturated carbocycles. The van der Waals surface area contributed by atoms with Gasteiger partial charge in [-0.2, -0.15) is 4.98 Å². The number of benzene rings is 1. The maximum atomic E-state index is 5.36. The summed E-state index contributed by atoms with van der Waals surface area (Å²) < 4.78 is 15.6. The third kappa shape index (κ3) is 7.56. The van der Waals surface area contributed by atoms with E-state index in [1.807, 2.05) is 24.3 Å². The van der Waals surface area contributed by atoms with E-state index in [2.05, 4.69) is 32.7 Å². The van der Waals surface area contributed by atoms with Crippen LogP contribution in [-0.2, 0) is 11.2 Å². The fraction of sp³-hybridized carbons (Fsp3) is 0.550. The highest BCUT2D eigenvalue weighted by Crippen LogP contribution is 2.20. The molecule has 0 unspecified atom stereocenters. The summed E-state index contributed by atoms with van der Waals surface area (Å²) in [5.74, 6) is 2.92. The predicted molar refractivity (Wildman–Crippen MR) is 110 cm³/mol. The van der Waals surface area contributed by atoms with Crippen LogP contribution in [0.15, 0.2) is 33.8 Å². The van der Waals surface area contributed by atoms with Gasteiger partial charge in [0, 0.05) is 38.7 Å². The lowest BCUT2D eigenvalue weighted by Gasteiger charge is -2.10. The van der Waals surface area contributed by atoms with Gasteiger partial charge in [0.05, 0.1) is 13.7 Å². The number of hydrogen-bond donors (Lipinski definition) is 2. The van der Waals surface area contributed by atoms with E-state index in [9.17, 15) is 0 Å². The summed E-state index contributed by atoms with van der Waals surface area (Å²) in [6.07, 6.45) is 3.84. The summed E-state index contributed by atoms with van der Waals surface area (Å²) in [5, 5.41) is 10.5. The minimum absolute atomic E-state index is 0.611. The van der Waals surface area contributed by atoms with Crippen molar-refractivity contribution in [2.45, 2.75) is 32.6 Å². The molecule has 1 heterocycles. The van der Waals surface area contributed by atoms with Gasteiger partial charge in [0.15, 0.2) is 5.96 Å². The van der Waals surface area contributed by atoms with E-state index in [0.717, 1.165) is 62.6 Å². The van der Waals surface area contributed by atoms with Gasteiger partial charge >= 0.3 is 0 Å². The molecule has 0 saturated heterocycles. The number of aromatic nitrogens is 2. The van der Waals surface area contributed by atoms with Crippen molar-refractivity contribution in [3.05, 3.63) is 30.2 Å². The number of nitrogens with one attached hydrogen (secondary N) is 2. The van der Waals surface area contributed by atoms with Gasteiger partial charge in [-0.15, -0.1) is 0 Å². The molecule has 2 rings (SSSR count). The third-order valence-corrected chi connectivity index (χ3v) is 4.08. The average Bonchev–Trinajstić information content (AvgIpc) is 3.19. The van der Waals surface area contributed by atoms with Crippen LogP contribution in [0.25, 0.3) is 11.4 Å². The lowest BCUT2D eigenvalue weighted by Crippen LogP contribution is -2.39. The summed E-state index contributed by atoms with van der Waals surface area (Å²) in [6, 6.07) is 7.62. The van der Waals surface area contributed by atoms with Crippen molar-refractivity contribution >= 4 is 5.96 Å². The summed E-state index contributed by atoms with van der Waals surface area (Å²) in [7, 11) is 3.33. The van der Waals surface area contributed by atoms with Crippen molar-refractivity contribution in [3.63, 3.8) is 0 Å². The molecule has 2 aromatic rings. The number of guanidine groups is 1. The average molecular weight is 390 g/mol. The van der Waals surface area contributed by atoms with E-state index in [4.69, 9.17) is 14.0 Å². The Bertz CT molecular complexity index is 700. The Hall–Kier alpha value is -2.61. The lowest BCUT2D eigenvalue weighted by molar-refractivity contribution is 0.203. The maximum absolute atomic E-state index is 5.36. The van der Waals surface area contributed by atoms with E-state index in [1.165, 1.54) is 0 Å². The van der Waals surface area contributed by atoms with Crippen molar-refractivity contribution in [1.82, 2.24) is 20.8 Å². The Balaban J connectivity index is 1.69. The number of hydrogen-bond acceptors (Lipinski definition) is 6. The van der Waals surface area contributed by atoms with Gasteiger partial charge < -0.3 is 24.6 Å². The number of methoxy groups -OCH3 is 2. The first-order valence-electron chi connectivity index (χ1n) is 9.75. The first-order chi connectivity index (χ1) is 13.8. The second-order valence-electron chi connectivity index (χ2n) is 6.23. The number of nitrogens with zero attached hydrogens (tertiary/aromatic N) is 3. The van der Waals surface area contributed by atoms with Crippen molar-refractivity contribution in [1.29, 1.82) is 0 Å². The second kappa shape index (κ2) is 12.7. The van der Waals surface area contributed by atoms with Gasteiger partial charge in [-0.25, -0.2) is 0 Å². The number of aliphatic imine (C=N–C) groups is 1. The predicted octanol–water partition coefficient (Wildman–Crippen LogP) is 2.66. The van der Waals surface area contributed by atoms with Crippen LogP contribution < -0.4 is 15.4 Å². The molecule has 0 amide bonds. The van der Waals surface area contributed by atoms with Crippen LogP contribution in [-0.4, -0.2) is 56.6 Å². The van der Waals surface area contributed by atoms with Gasteiger partial charge in [0.2, 0.25) is 11.7 Å². The van der Waals surface area contributed by atoms with Crippen LogP contribution in [0.5, 0.6) is 5.75 Å². The quantitative estimate of drug-likeness (QED) is 0.327. The highest BCUT2D eigenvalue weighted by Gasteiger charge is 2.08. The first-order valence-corrected chi connectivity index (χ1v) is 9.75. The number of rotatable bonds is 12. The fourth-order valence-corrected chi connectivity index (χ4v) is 2.58. The molecule has 8 nitrogen and oxygen atoms in total. The highest BCUT2D eigenvalue weighted by atomic mass is 16.5. The van der Waals surface area contributed by atoms with E-state index >= 15 is 0 Å². The Morgan fingerprint density at radius 2 is 1.93 bits per heavy atom. The SMILES string of the molecule is CCNC(=NCCCCCc1nc(-c2ccc(OC)cc2)no1)NCCOC. The van der Waals surface area contributed by atoms with Crippen LogP contribution in [0.3, 0.4) is 0 Å². The van der Waals surface area contributed by atoms with Crippen LogP contribution in [0.1, 0.15) is 32.1 Å². The smallest absolute Gasteiger partial charge is 0.226 e. The Labute approximate surface area is 166 Å². The summed E-state index contributed by atoms with van der Waals surface area (Å²) in [5.41, 5.74) is 0.919. The normalized spacial score (nSPS) is 11.5. The second-order valence-corrected chi connectivity index (χ2v) is 6.23. The molecule has 8 heteroatoms.